The topological polar surface area (TPSA) is 62.3 Å². The summed E-state index contributed by atoms with van der Waals surface area (Å²) in [5.74, 6) is 0.953. The molecule has 0 aliphatic carbocycles. The standard InChI is InChI=1S/C12H27N3O/c1-10(2)5-7-16-8-6-15(4)11(3)9-12(13)14/h10-11H,5-9H2,1-4H3,(H3,13,14). The molecule has 0 saturated heterocycles. The highest BCUT2D eigenvalue weighted by Gasteiger charge is 2.09. The highest BCUT2D eigenvalue weighted by atomic mass is 16.5. The Morgan fingerprint density at radius 2 is 1.94 bits per heavy atom. The van der Waals surface area contributed by atoms with Crippen LogP contribution < -0.4 is 5.73 Å². The Hall–Kier alpha value is -0.610. The maximum Gasteiger partial charge on any atom is 0.0920 e. The second-order valence-electron chi connectivity index (χ2n) is 4.85. The molecule has 0 aliphatic heterocycles. The molecule has 0 heterocycles. The average Bonchev–Trinajstić information content (AvgIpc) is 2.15. The first-order chi connectivity index (χ1) is 7.43. The molecule has 0 aromatic heterocycles. The molecular formula is C12H27N3O. The molecule has 0 radical (unpaired) electrons. The maximum absolute atomic E-state index is 7.23. The Kier molecular flexibility index (Phi) is 8.21. The van der Waals surface area contributed by atoms with Crippen LogP contribution in [-0.4, -0.2) is 43.6 Å². The van der Waals surface area contributed by atoms with Gasteiger partial charge in [0.15, 0.2) is 0 Å². The third-order valence-corrected chi connectivity index (χ3v) is 2.70. The molecule has 4 nitrogen and oxygen atoms in total. The summed E-state index contributed by atoms with van der Waals surface area (Å²) < 4.78 is 5.54. The van der Waals surface area contributed by atoms with Crippen LogP contribution in [0.25, 0.3) is 0 Å². The van der Waals surface area contributed by atoms with E-state index in [1.165, 1.54) is 0 Å². The summed E-state index contributed by atoms with van der Waals surface area (Å²) in [6, 6.07) is 0.311. The van der Waals surface area contributed by atoms with E-state index >= 15 is 0 Å². The lowest BCUT2D eigenvalue weighted by atomic mass is 10.1. The van der Waals surface area contributed by atoms with Gasteiger partial charge in [0, 0.05) is 25.6 Å². The fourth-order valence-corrected chi connectivity index (χ4v) is 1.32. The molecular weight excluding hydrogens is 202 g/mol. The van der Waals surface area contributed by atoms with E-state index in [1.54, 1.807) is 0 Å². The van der Waals surface area contributed by atoms with Crippen LogP contribution in [0.2, 0.25) is 0 Å². The molecule has 0 aromatic rings. The smallest absolute Gasteiger partial charge is 0.0920 e. The predicted octanol–water partition coefficient (Wildman–Crippen LogP) is 1.70. The van der Waals surface area contributed by atoms with Gasteiger partial charge in [0.05, 0.1) is 12.4 Å². The van der Waals surface area contributed by atoms with Crippen molar-refractivity contribution in [2.75, 3.05) is 26.8 Å². The van der Waals surface area contributed by atoms with Gasteiger partial charge in [-0.3, -0.25) is 5.41 Å². The van der Waals surface area contributed by atoms with Crippen molar-refractivity contribution in [2.45, 2.75) is 39.7 Å². The van der Waals surface area contributed by atoms with E-state index < -0.39 is 0 Å². The summed E-state index contributed by atoms with van der Waals surface area (Å²) >= 11 is 0. The Morgan fingerprint density at radius 1 is 1.31 bits per heavy atom. The Morgan fingerprint density at radius 3 is 2.44 bits per heavy atom. The number of hydrogen-bond donors (Lipinski definition) is 2. The van der Waals surface area contributed by atoms with Crippen molar-refractivity contribution in [3.63, 3.8) is 0 Å². The quantitative estimate of drug-likeness (QED) is 0.359. The summed E-state index contributed by atoms with van der Waals surface area (Å²) in [7, 11) is 2.04. The van der Waals surface area contributed by atoms with Crippen molar-refractivity contribution < 1.29 is 4.74 Å². The van der Waals surface area contributed by atoms with E-state index in [2.05, 4.69) is 25.7 Å². The summed E-state index contributed by atoms with van der Waals surface area (Å²) in [4.78, 5) is 2.18. The van der Waals surface area contributed by atoms with Crippen LogP contribution in [0.4, 0.5) is 0 Å². The van der Waals surface area contributed by atoms with Crippen molar-refractivity contribution in [1.29, 1.82) is 5.41 Å². The van der Waals surface area contributed by atoms with Crippen LogP contribution in [0.15, 0.2) is 0 Å². The van der Waals surface area contributed by atoms with Gasteiger partial charge in [0.1, 0.15) is 0 Å². The number of ether oxygens (including phenoxy) is 1. The number of hydrogen-bond acceptors (Lipinski definition) is 3. The van der Waals surface area contributed by atoms with E-state index in [0.29, 0.717) is 18.4 Å². The second-order valence-corrected chi connectivity index (χ2v) is 4.85. The number of amidine groups is 1. The van der Waals surface area contributed by atoms with Gasteiger partial charge in [-0.1, -0.05) is 13.8 Å². The van der Waals surface area contributed by atoms with Crippen LogP contribution in [-0.2, 0) is 4.74 Å². The van der Waals surface area contributed by atoms with Crippen LogP contribution in [0.3, 0.4) is 0 Å². The fourth-order valence-electron chi connectivity index (χ4n) is 1.32. The van der Waals surface area contributed by atoms with Crippen LogP contribution in [0, 0.1) is 11.3 Å². The average molecular weight is 229 g/mol. The van der Waals surface area contributed by atoms with Crippen molar-refractivity contribution in [1.82, 2.24) is 4.90 Å². The molecule has 0 rings (SSSR count). The highest BCUT2D eigenvalue weighted by molar-refractivity contribution is 5.77. The number of rotatable bonds is 9. The fraction of sp³-hybridized carbons (Fsp3) is 0.917. The monoisotopic (exact) mass is 229 g/mol. The van der Waals surface area contributed by atoms with Crippen LogP contribution in [0.5, 0.6) is 0 Å². The first kappa shape index (κ1) is 15.4. The molecule has 0 spiro atoms. The molecule has 16 heavy (non-hydrogen) atoms. The molecule has 1 atom stereocenters. The normalized spacial score (nSPS) is 13.4. The Bertz CT molecular complexity index is 195. The van der Waals surface area contributed by atoms with E-state index in [1.807, 2.05) is 7.05 Å². The van der Waals surface area contributed by atoms with E-state index in [0.717, 1.165) is 26.2 Å². The second kappa shape index (κ2) is 8.53. The van der Waals surface area contributed by atoms with Gasteiger partial charge in [0.25, 0.3) is 0 Å². The molecule has 4 heteroatoms. The van der Waals surface area contributed by atoms with Crippen molar-refractivity contribution in [3.05, 3.63) is 0 Å². The van der Waals surface area contributed by atoms with Gasteiger partial charge < -0.3 is 15.4 Å². The Balaban J connectivity index is 3.49. The van der Waals surface area contributed by atoms with Crippen molar-refractivity contribution >= 4 is 5.84 Å². The minimum atomic E-state index is 0.250. The maximum atomic E-state index is 7.23. The highest BCUT2D eigenvalue weighted by Crippen LogP contribution is 2.01. The third-order valence-electron chi connectivity index (χ3n) is 2.70. The van der Waals surface area contributed by atoms with Crippen molar-refractivity contribution in [2.24, 2.45) is 11.7 Å². The number of nitrogens with one attached hydrogen (secondary N) is 1. The zero-order chi connectivity index (χ0) is 12.6. The molecule has 0 amide bonds. The third kappa shape index (κ3) is 8.68. The van der Waals surface area contributed by atoms with Gasteiger partial charge in [-0.2, -0.15) is 0 Å². The summed E-state index contributed by atoms with van der Waals surface area (Å²) in [6.45, 7) is 8.97. The van der Waals surface area contributed by atoms with Crippen molar-refractivity contribution in [3.8, 4) is 0 Å². The summed E-state index contributed by atoms with van der Waals surface area (Å²) in [6.07, 6.45) is 1.75. The van der Waals surface area contributed by atoms with Crippen LogP contribution in [0.1, 0.15) is 33.6 Å². The SMILES string of the molecule is CC(C)CCOCCN(C)C(C)CC(=N)N. The van der Waals surface area contributed by atoms with Gasteiger partial charge >= 0.3 is 0 Å². The van der Waals surface area contributed by atoms with E-state index in [4.69, 9.17) is 15.9 Å². The van der Waals surface area contributed by atoms with Gasteiger partial charge in [-0.05, 0) is 26.3 Å². The van der Waals surface area contributed by atoms with Gasteiger partial charge in [0.2, 0.25) is 0 Å². The van der Waals surface area contributed by atoms with E-state index in [9.17, 15) is 0 Å². The molecule has 0 aliphatic rings. The number of nitrogens with two attached hydrogens (primary N) is 1. The first-order valence-electron chi connectivity index (χ1n) is 6.04. The zero-order valence-electron chi connectivity index (χ0n) is 11.1. The lowest BCUT2D eigenvalue weighted by Gasteiger charge is -2.24. The summed E-state index contributed by atoms with van der Waals surface area (Å²) in [5.41, 5.74) is 5.37. The first-order valence-corrected chi connectivity index (χ1v) is 6.04. The summed E-state index contributed by atoms with van der Waals surface area (Å²) in [5, 5.41) is 7.23. The molecule has 3 N–H and O–H groups in total. The molecule has 0 bridgehead atoms. The minimum absolute atomic E-state index is 0.250. The number of nitrogens with zero attached hydrogens (tertiary/aromatic N) is 1. The molecule has 0 aromatic carbocycles. The largest absolute Gasteiger partial charge is 0.388 e. The van der Waals surface area contributed by atoms with Gasteiger partial charge in [-0.25, -0.2) is 0 Å². The lowest BCUT2D eigenvalue weighted by molar-refractivity contribution is 0.0943. The zero-order valence-corrected chi connectivity index (χ0v) is 11.1. The lowest BCUT2D eigenvalue weighted by Crippen LogP contribution is -2.35. The minimum Gasteiger partial charge on any atom is -0.388 e. The van der Waals surface area contributed by atoms with E-state index in [-0.39, 0.29) is 5.84 Å². The van der Waals surface area contributed by atoms with Crippen LogP contribution >= 0.6 is 0 Å². The van der Waals surface area contributed by atoms with Gasteiger partial charge in [-0.15, -0.1) is 0 Å². The molecule has 0 saturated carbocycles. The number of likely N-dealkylation sites (N-methyl/N-ethyl adjacent to an activating group) is 1. The molecule has 0 fully saturated rings. The molecule has 1 unspecified atom stereocenters. The Labute approximate surface area is 99.7 Å². The molecule has 96 valence electrons. The predicted molar refractivity (Wildman–Crippen MR) is 68.9 cm³/mol.